The Morgan fingerprint density at radius 1 is 1.53 bits per heavy atom. The fourth-order valence-corrected chi connectivity index (χ4v) is 3.38. The molecule has 2 unspecified atom stereocenters. The standard InChI is InChI=1S/C11H16BrClN2/c1-2-15-11(9(12)7-14-15)8-5-3-4-6-10(8)13/h7-8,10H,2-6H2,1H3. The van der Waals surface area contributed by atoms with E-state index in [2.05, 4.69) is 32.6 Å². The second-order valence-electron chi connectivity index (χ2n) is 4.10. The zero-order valence-corrected chi connectivity index (χ0v) is 11.3. The molecule has 0 spiro atoms. The van der Waals surface area contributed by atoms with E-state index < -0.39 is 0 Å². The summed E-state index contributed by atoms with van der Waals surface area (Å²) in [5.74, 6) is 0.470. The van der Waals surface area contributed by atoms with Crippen molar-refractivity contribution in [1.29, 1.82) is 0 Å². The van der Waals surface area contributed by atoms with E-state index in [1.165, 1.54) is 25.0 Å². The number of hydrogen-bond acceptors (Lipinski definition) is 1. The number of hydrogen-bond donors (Lipinski definition) is 0. The molecule has 2 atom stereocenters. The molecule has 1 aliphatic rings. The lowest BCUT2D eigenvalue weighted by atomic mass is 9.86. The van der Waals surface area contributed by atoms with Gasteiger partial charge in [-0.25, -0.2) is 0 Å². The van der Waals surface area contributed by atoms with Crippen LogP contribution in [0.15, 0.2) is 10.7 Å². The maximum atomic E-state index is 6.41. The SMILES string of the molecule is CCn1ncc(Br)c1C1CCCCC1Cl. The van der Waals surface area contributed by atoms with Gasteiger partial charge in [-0.2, -0.15) is 5.10 Å². The van der Waals surface area contributed by atoms with Crippen molar-refractivity contribution in [3.63, 3.8) is 0 Å². The lowest BCUT2D eigenvalue weighted by Gasteiger charge is -2.27. The molecular weight excluding hydrogens is 275 g/mol. The zero-order valence-electron chi connectivity index (χ0n) is 8.92. The van der Waals surface area contributed by atoms with Gasteiger partial charge in [-0.05, 0) is 35.7 Å². The average Bonchev–Trinajstić information content (AvgIpc) is 2.60. The third kappa shape index (κ3) is 2.23. The lowest BCUT2D eigenvalue weighted by molar-refractivity contribution is 0.423. The summed E-state index contributed by atoms with van der Waals surface area (Å²) in [7, 11) is 0. The minimum Gasteiger partial charge on any atom is -0.268 e. The molecule has 0 aromatic carbocycles. The Morgan fingerprint density at radius 2 is 2.27 bits per heavy atom. The van der Waals surface area contributed by atoms with Crippen LogP contribution < -0.4 is 0 Å². The number of rotatable bonds is 2. The monoisotopic (exact) mass is 290 g/mol. The van der Waals surface area contributed by atoms with Crippen LogP contribution in [0.5, 0.6) is 0 Å². The summed E-state index contributed by atoms with van der Waals surface area (Å²) in [6.45, 7) is 3.04. The summed E-state index contributed by atoms with van der Waals surface area (Å²) in [4.78, 5) is 0. The summed E-state index contributed by atoms with van der Waals surface area (Å²) < 4.78 is 3.18. The molecule has 0 radical (unpaired) electrons. The summed E-state index contributed by atoms with van der Waals surface area (Å²) >= 11 is 9.99. The van der Waals surface area contributed by atoms with Gasteiger partial charge in [0.05, 0.1) is 16.4 Å². The van der Waals surface area contributed by atoms with Gasteiger partial charge in [-0.15, -0.1) is 11.6 Å². The number of aryl methyl sites for hydroxylation is 1. The highest BCUT2D eigenvalue weighted by Crippen LogP contribution is 2.39. The van der Waals surface area contributed by atoms with Gasteiger partial charge in [0, 0.05) is 17.8 Å². The van der Waals surface area contributed by atoms with Gasteiger partial charge in [0.15, 0.2) is 0 Å². The van der Waals surface area contributed by atoms with Gasteiger partial charge < -0.3 is 0 Å². The minimum atomic E-state index is 0.275. The molecule has 2 rings (SSSR count). The van der Waals surface area contributed by atoms with E-state index in [1.807, 2.05) is 6.20 Å². The van der Waals surface area contributed by atoms with Gasteiger partial charge in [-0.1, -0.05) is 12.8 Å². The lowest BCUT2D eigenvalue weighted by Crippen LogP contribution is -2.21. The van der Waals surface area contributed by atoms with E-state index in [0.717, 1.165) is 17.4 Å². The third-order valence-electron chi connectivity index (χ3n) is 3.17. The van der Waals surface area contributed by atoms with Crippen molar-refractivity contribution in [2.45, 2.75) is 50.4 Å². The van der Waals surface area contributed by atoms with E-state index >= 15 is 0 Å². The quantitative estimate of drug-likeness (QED) is 0.755. The molecule has 0 bridgehead atoms. The highest BCUT2D eigenvalue weighted by molar-refractivity contribution is 9.10. The van der Waals surface area contributed by atoms with E-state index in [9.17, 15) is 0 Å². The van der Waals surface area contributed by atoms with Crippen molar-refractivity contribution in [3.8, 4) is 0 Å². The van der Waals surface area contributed by atoms with Gasteiger partial charge in [0.1, 0.15) is 0 Å². The molecule has 1 saturated carbocycles. The molecule has 1 aliphatic carbocycles. The number of alkyl halides is 1. The van der Waals surface area contributed by atoms with Crippen LogP contribution in [0.1, 0.15) is 44.2 Å². The zero-order chi connectivity index (χ0) is 10.8. The predicted octanol–water partition coefficient (Wildman–Crippen LogP) is 3.93. The Bertz CT molecular complexity index is 337. The molecule has 1 aromatic rings. The molecule has 0 saturated heterocycles. The molecule has 0 N–H and O–H groups in total. The van der Waals surface area contributed by atoms with E-state index in [1.54, 1.807) is 0 Å². The number of aromatic nitrogens is 2. The third-order valence-corrected chi connectivity index (χ3v) is 4.30. The number of nitrogens with zero attached hydrogens (tertiary/aromatic N) is 2. The Balaban J connectivity index is 2.29. The molecule has 1 heterocycles. The second kappa shape index (κ2) is 4.88. The molecule has 0 amide bonds. The normalized spacial score (nSPS) is 26.9. The van der Waals surface area contributed by atoms with Crippen LogP contribution in [0.4, 0.5) is 0 Å². The fraction of sp³-hybridized carbons (Fsp3) is 0.727. The highest BCUT2D eigenvalue weighted by atomic mass is 79.9. The summed E-state index contributed by atoms with van der Waals surface area (Å²) in [5.41, 5.74) is 1.29. The Morgan fingerprint density at radius 3 is 2.93 bits per heavy atom. The first-order chi connectivity index (χ1) is 7.24. The topological polar surface area (TPSA) is 17.8 Å². The van der Waals surface area contributed by atoms with Crippen LogP contribution >= 0.6 is 27.5 Å². The van der Waals surface area contributed by atoms with E-state index in [0.29, 0.717) is 5.92 Å². The van der Waals surface area contributed by atoms with E-state index in [-0.39, 0.29) is 5.38 Å². The van der Waals surface area contributed by atoms with Crippen molar-refractivity contribution in [2.24, 2.45) is 0 Å². The van der Waals surface area contributed by atoms with Gasteiger partial charge in [0.25, 0.3) is 0 Å². The molecule has 84 valence electrons. The molecule has 1 fully saturated rings. The van der Waals surface area contributed by atoms with E-state index in [4.69, 9.17) is 11.6 Å². The molecule has 2 nitrogen and oxygen atoms in total. The smallest absolute Gasteiger partial charge is 0.0635 e. The first-order valence-corrected chi connectivity index (χ1v) is 6.82. The first kappa shape index (κ1) is 11.5. The van der Waals surface area contributed by atoms with Crippen LogP contribution in [0, 0.1) is 0 Å². The molecule has 1 aromatic heterocycles. The van der Waals surface area contributed by atoms with Gasteiger partial charge >= 0.3 is 0 Å². The Labute approximate surface area is 104 Å². The van der Waals surface area contributed by atoms with Crippen LogP contribution in [0.2, 0.25) is 0 Å². The first-order valence-electron chi connectivity index (χ1n) is 5.59. The number of halogens is 2. The molecule has 0 aliphatic heterocycles. The summed E-state index contributed by atoms with van der Waals surface area (Å²) in [5, 5.41) is 4.63. The van der Waals surface area contributed by atoms with Gasteiger partial charge in [-0.3, -0.25) is 4.68 Å². The molecule has 15 heavy (non-hydrogen) atoms. The fourth-order valence-electron chi connectivity index (χ4n) is 2.39. The summed E-state index contributed by atoms with van der Waals surface area (Å²) in [6, 6.07) is 0. The summed E-state index contributed by atoms with van der Waals surface area (Å²) in [6.07, 6.45) is 6.76. The second-order valence-corrected chi connectivity index (χ2v) is 5.52. The average molecular weight is 292 g/mol. The maximum Gasteiger partial charge on any atom is 0.0635 e. The van der Waals surface area contributed by atoms with Crippen molar-refractivity contribution in [1.82, 2.24) is 9.78 Å². The molecule has 4 heteroatoms. The maximum absolute atomic E-state index is 6.41. The van der Waals surface area contributed by atoms with Crippen LogP contribution in [-0.4, -0.2) is 15.2 Å². The minimum absolute atomic E-state index is 0.275. The largest absolute Gasteiger partial charge is 0.268 e. The predicted molar refractivity (Wildman–Crippen MR) is 66.5 cm³/mol. The van der Waals surface area contributed by atoms with Crippen molar-refractivity contribution in [2.75, 3.05) is 0 Å². The highest BCUT2D eigenvalue weighted by Gasteiger charge is 2.29. The van der Waals surface area contributed by atoms with Crippen molar-refractivity contribution < 1.29 is 0 Å². The Hall–Kier alpha value is -0.0200. The van der Waals surface area contributed by atoms with Gasteiger partial charge in [0.2, 0.25) is 0 Å². The van der Waals surface area contributed by atoms with Crippen LogP contribution in [0.3, 0.4) is 0 Å². The Kier molecular flexibility index (Phi) is 3.73. The molecular formula is C11H16BrClN2. The van der Waals surface area contributed by atoms with Crippen LogP contribution in [0.25, 0.3) is 0 Å². The van der Waals surface area contributed by atoms with Crippen LogP contribution in [-0.2, 0) is 6.54 Å². The van der Waals surface area contributed by atoms with Crippen molar-refractivity contribution in [3.05, 3.63) is 16.4 Å². The van der Waals surface area contributed by atoms with Crippen molar-refractivity contribution >= 4 is 27.5 Å².